The molecule has 0 bridgehead atoms. The Hall–Kier alpha value is -0.830. The molecule has 1 unspecified atom stereocenters. The minimum atomic E-state index is 0.0365. The van der Waals surface area contributed by atoms with Crippen molar-refractivity contribution in [3.8, 4) is 0 Å². The molecule has 3 heteroatoms. The minimum Gasteiger partial charge on any atom is -0.350 e. The van der Waals surface area contributed by atoms with Crippen LogP contribution in [0.3, 0.4) is 0 Å². The summed E-state index contributed by atoms with van der Waals surface area (Å²) in [7, 11) is 0. The number of hydrogen-bond acceptors (Lipinski definition) is 2. The lowest BCUT2D eigenvalue weighted by Crippen LogP contribution is -2.34. The SMILES string of the molecule is C/C=C/C(=O)NC1CCCNCC1. The normalized spacial score (nSPS) is 24.2. The first-order chi connectivity index (χ1) is 6.33. The third kappa shape index (κ3) is 4.08. The third-order valence-electron chi connectivity index (χ3n) is 2.24. The van der Waals surface area contributed by atoms with E-state index in [2.05, 4.69) is 10.6 Å². The summed E-state index contributed by atoms with van der Waals surface area (Å²) >= 11 is 0. The molecule has 2 N–H and O–H groups in total. The van der Waals surface area contributed by atoms with Crippen molar-refractivity contribution < 1.29 is 4.79 Å². The van der Waals surface area contributed by atoms with Crippen molar-refractivity contribution in [2.75, 3.05) is 13.1 Å². The molecule has 0 radical (unpaired) electrons. The van der Waals surface area contributed by atoms with E-state index in [9.17, 15) is 4.79 Å². The number of allylic oxidation sites excluding steroid dienone is 1. The van der Waals surface area contributed by atoms with Crippen LogP contribution in [0.25, 0.3) is 0 Å². The molecule has 1 aliphatic heterocycles. The van der Waals surface area contributed by atoms with Crippen molar-refractivity contribution in [1.82, 2.24) is 10.6 Å². The fraction of sp³-hybridized carbons (Fsp3) is 0.700. The Kier molecular flexibility index (Phi) is 4.54. The van der Waals surface area contributed by atoms with Gasteiger partial charge in [-0.05, 0) is 45.4 Å². The molecule has 3 nitrogen and oxygen atoms in total. The average Bonchev–Trinajstić information content (AvgIpc) is 2.33. The molecule has 13 heavy (non-hydrogen) atoms. The lowest BCUT2D eigenvalue weighted by Gasteiger charge is -2.13. The Balaban J connectivity index is 2.29. The summed E-state index contributed by atoms with van der Waals surface area (Å²) in [4.78, 5) is 11.2. The molecule has 1 fully saturated rings. The van der Waals surface area contributed by atoms with Crippen molar-refractivity contribution >= 4 is 5.91 Å². The van der Waals surface area contributed by atoms with Crippen molar-refractivity contribution in [3.63, 3.8) is 0 Å². The van der Waals surface area contributed by atoms with Gasteiger partial charge < -0.3 is 10.6 Å². The number of carbonyl (C=O) groups is 1. The van der Waals surface area contributed by atoms with Gasteiger partial charge in [-0.1, -0.05) is 6.08 Å². The van der Waals surface area contributed by atoms with Gasteiger partial charge in [-0.25, -0.2) is 0 Å². The summed E-state index contributed by atoms with van der Waals surface area (Å²) in [6, 6.07) is 0.360. The fourth-order valence-corrected chi connectivity index (χ4v) is 1.56. The molecule has 0 aliphatic carbocycles. The predicted octanol–water partition coefficient (Wildman–Crippen LogP) is 0.821. The first-order valence-corrected chi connectivity index (χ1v) is 4.97. The highest BCUT2D eigenvalue weighted by molar-refractivity contribution is 5.87. The number of amides is 1. The van der Waals surface area contributed by atoms with Crippen LogP contribution >= 0.6 is 0 Å². The largest absolute Gasteiger partial charge is 0.350 e. The van der Waals surface area contributed by atoms with Crippen LogP contribution in [0.2, 0.25) is 0 Å². The van der Waals surface area contributed by atoms with Crippen LogP contribution in [-0.4, -0.2) is 25.0 Å². The lowest BCUT2D eigenvalue weighted by atomic mass is 10.1. The maximum Gasteiger partial charge on any atom is 0.243 e. The first-order valence-electron chi connectivity index (χ1n) is 4.97. The molecule has 74 valence electrons. The highest BCUT2D eigenvalue weighted by Crippen LogP contribution is 2.04. The summed E-state index contributed by atoms with van der Waals surface area (Å²) in [6.07, 6.45) is 6.64. The Bertz CT molecular complexity index is 181. The van der Waals surface area contributed by atoms with E-state index in [1.54, 1.807) is 12.2 Å². The Morgan fingerprint density at radius 2 is 2.31 bits per heavy atom. The predicted molar refractivity (Wildman–Crippen MR) is 53.5 cm³/mol. The quantitative estimate of drug-likeness (QED) is 0.621. The molecule has 1 rings (SSSR count). The van der Waals surface area contributed by atoms with Gasteiger partial charge in [-0.15, -0.1) is 0 Å². The summed E-state index contributed by atoms with van der Waals surface area (Å²) in [6.45, 7) is 3.95. The monoisotopic (exact) mass is 182 g/mol. The molecule has 1 aliphatic rings. The zero-order valence-corrected chi connectivity index (χ0v) is 8.18. The van der Waals surface area contributed by atoms with Crippen LogP contribution in [0.1, 0.15) is 26.2 Å². The van der Waals surface area contributed by atoms with E-state index in [1.807, 2.05) is 6.92 Å². The van der Waals surface area contributed by atoms with Gasteiger partial charge in [0.25, 0.3) is 0 Å². The van der Waals surface area contributed by atoms with E-state index < -0.39 is 0 Å². The van der Waals surface area contributed by atoms with Crippen molar-refractivity contribution in [2.24, 2.45) is 0 Å². The van der Waals surface area contributed by atoms with E-state index in [0.717, 1.165) is 32.4 Å². The molecule has 0 aromatic carbocycles. The lowest BCUT2D eigenvalue weighted by molar-refractivity contribution is -0.117. The van der Waals surface area contributed by atoms with E-state index in [4.69, 9.17) is 0 Å². The second-order valence-corrected chi connectivity index (χ2v) is 3.39. The molecular formula is C10H18N2O. The van der Waals surface area contributed by atoms with Gasteiger partial charge in [0.1, 0.15) is 0 Å². The van der Waals surface area contributed by atoms with Crippen molar-refractivity contribution in [3.05, 3.63) is 12.2 Å². The minimum absolute atomic E-state index is 0.0365. The molecule has 1 saturated heterocycles. The van der Waals surface area contributed by atoms with E-state index >= 15 is 0 Å². The van der Waals surface area contributed by atoms with Gasteiger partial charge in [-0.2, -0.15) is 0 Å². The van der Waals surface area contributed by atoms with Gasteiger partial charge in [0, 0.05) is 6.04 Å². The molecular weight excluding hydrogens is 164 g/mol. The van der Waals surface area contributed by atoms with Crippen LogP contribution < -0.4 is 10.6 Å². The molecule has 1 heterocycles. The average molecular weight is 182 g/mol. The molecule has 1 atom stereocenters. The Labute approximate surface area is 79.6 Å². The summed E-state index contributed by atoms with van der Waals surface area (Å²) in [5.41, 5.74) is 0. The van der Waals surface area contributed by atoms with Crippen LogP contribution in [-0.2, 0) is 4.79 Å². The van der Waals surface area contributed by atoms with Gasteiger partial charge in [0.15, 0.2) is 0 Å². The number of hydrogen-bond donors (Lipinski definition) is 2. The van der Waals surface area contributed by atoms with Crippen molar-refractivity contribution in [2.45, 2.75) is 32.2 Å². The van der Waals surface area contributed by atoms with Gasteiger partial charge in [-0.3, -0.25) is 4.79 Å². The van der Waals surface area contributed by atoms with Crippen molar-refractivity contribution in [1.29, 1.82) is 0 Å². The number of rotatable bonds is 2. The highest BCUT2D eigenvalue weighted by atomic mass is 16.1. The maximum atomic E-state index is 11.2. The van der Waals surface area contributed by atoms with Crippen LogP contribution in [0.5, 0.6) is 0 Å². The Morgan fingerprint density at radius 3 is 3.08 bits per heavy atom. The molecule has 0 saturated carbocycles. The second kappa shape index (κ2) is 5.75. The smallest absolute Gasteiger partial charge is 0.243 e. The molecule has 0 spiro atoms. The van der Waals surface area contributed by atoms with Gasteiger partial charge in [0.2, 0.25) is 5.91 Å². The van der Waals surface area contributed by atoms with Gasteiger partial charge >= 0.3 is 0 Å². The fourth-order valence-electron chi connectivity index (χ4n) is 1.56. The van der Waals surface area contributed by atoms with Crippen LogP contribution in [0.15, 0.2) is 12.2 Å². The third-order valence-corrected chi connectivity index (χ3v) is 2.24. The first kappa shape index (κ1) is 10.3. The van der Waals surface area contributed by atoms with E-state index in [1.165, 1.54) is 0 Å². The summed E-state index contributed by atoms with van der Waals surface area (Å²) < 4.78 is 0. The standard InChI is InChI=1S/C10H18N2O/c1-2-4-10(13)12-9-5-3-7-11-8-6-9/h2,4,9,11H,3,5-8H2,1H3,(H,12,13)/b4-2+. The summed E-state index contributed by atoms with van der Waals surface area (Å²) in [5.74, 6) is 0.0365. The molecule has 0 aromatic heterocycles. The van der Waals surface area contributed by atoms with Gasteiger partial charge in [0.05, 0.1) is 0 Å². The maximum absolute atomic E-state index is 11.2. The van der Waals surface area contributed by atoms with E-state index in [0.29, 0.717) is 6.04 Å². The molecule has 1 amide bonds. The summed E-state index contributed by atoms with van der Waals surface area (Å²) in [5, 5.41) is 6.31. The number of nitrogens with one attached hydrogen (secondary N) is 2. The zero-order chi connectivity index (χ0) is 9.52. The van der Waals surface area contributed by atoms with Crippen LogP contribution in [0, 0.1) is 0 Å². The topological polar surface area (TPSA) is 41.1 Å². The second-order valence-electron chi connectivity index (χ2n) is 3.39. The molecule has 0 aromatic rings. The zero-order valence-electron chi connectivity index (χ0n) is 8.18. The van der Waals surface area contributed by atoms with E-state index in [-0.39, 0.29) is 5.91 Å². The highest BCUT2D eigenvalue weighted by Gasteiger charge is 2.12. The number of carbonyl (C=O) groups excluding carboxylic acids is 1. The Morgan fingerprint density at radius 1 is 1.46 bits per heavy atom. The van der Waals surface area contributed by atoms with Crippen LogP contribution in [0.4, 0.5) is 0 Å².